The standard InChI is InChI=1S/C21H24N2O3S/c1-3-22-27(25,26)16-10-8-14(2)19(12-16)21(24)23-13-15-9-11-20(23)18-7-5-4-6-17(15)18/h4-8,10,12,15,20,22H,3,9,11,13H2,1-2H3/t15-,20+/m1/s1. The number of hydrogen-bond donors (Lipinski definition) is 1. The Labute approximate surface area is 160 Å². The fourth-order valence-electron chi connectivity index (χ4n) is 4.39. The SMILES string of the molecule is CCNS(=O)(=O)c1ccc(C)c(C(=O)N2C[C@H]3CC[C@H]2c2ccccc23)c1. The molecule has 1 fully saturated rings. The average Bonchev–Trinajstić information content (AvgIpc) is 2.68. The van der Waals surface area contributed by atoms with Gasteiger partial charge < -0.3 is 4.90 Å². The molecule has 5 nitrogen and oxygen atoms in total. The average molecular weight is 385 g/mol. The number of rotatable bonds is 4. The summed E-state index contributed by atoms with van der Waals surface area (Å²) in [7, 11) is -3.59. The number of benzene rings is 2. The Hall–Kier alpha value is -2.18. The lowest BCUT2D eigenvalue weighted by atomic mass is 9.74. The molecule has 142 valence electrons. The maximum atomic E-state index is 13.4. The number of sulfonamides is 1. The van der Waals surface area contributed by atoms with Gasteiger partial charge in [0.05, 0.1) is 10.9 Å². The smallest absolute Gasteiger partial charge is 0.254 e. The highest BCUT2D eigenvalue weighted by atomic mass is 32.2. The van der Waals surface area contributed by atoms with Gasteiger partial charge in [-0.3, -0.25) is 4.79 Å². The van der Waals surface area contributed by atoms with Crippen molar-refractivity contribution in [3.63, 3.8) is 0 Å². The highest BCUT2D eigenvalue weighted by Crippen LogP contribution is 2.47. The second-order valence-electron chi connectivity index (χ2n) is 7.35. The van der Waals surface area contributed by atoms with Gasteiger partial charge in [-0.25, -0.2) is 13.1 Å². The number of carbonyl (C=O) groups is 1. The van der Waals surface area contributed by atoms with Crippen LogP contribution in [0.25, 0.3) is 0 Å². The summed E-state index contributed by atoms with van der Waals surface area (Å²) in [6.45, 7) is 4.60. The predicted molar refractivity (Wildman–Crippen MR) is 104 cm³/mol. The third kappa shape index (κ3) is 3.07. The lowest BCUT2D eigenvalue weighted by Gasteiger charge is -2.46. The molecule has 2 heterocycles. The van der Waals surface area contributed by atoms with Crippen LogP contribution in [0.4, 0.5) is 0 Å². The third-order valence-corrected chi connectivity index (χ3v) is 7.26. The van der Waals surface area contributed by atoms with Crippen LogP contribution in [0.15, 0.2) is 47.4 Å². The van der Waals surface area contributed by atoms with E-state index in [2.05, 4.69) is 22.9 Å². The Balaban J connectivity index is 1.70. The molecule has 6 heteroatoms. The molecule has 3 aliphatic rings. The number of piperidine rings is 1. The van der Waals surface area contributed by atoms with Gasteiger partial charge in [-0.05, 0) is 48.6 Å². The highest BCUT2D eigenvalue weighted by Gasteiger charge is 2.40. The molecule has 0 radical (unpaired) electrons. The molecule has 2 aromatic rings. The molecule has 0 spiro atoms. The van der Waals surface area contributed by atoms with Crippen LogP contribution in [0.5, 0.6) is 0 Å². The molecule has 0 unspecified atom stereocenters. The Morgan fingerprint density at radius 2 is 1.89 bits per heavy atom. The zero-order valence-electron chi connectivity index (χ0n) is 15.6. The molecule has 0 aromatic heterocycles. The lowest BCUT2D eigenvalue weighted by molar-refractivity contribution is 0.0540. The number of nitrogens with zero attached hydrogens (tertiary/aromatic N) is 1. The molecule has 27 heavy (non-hydrogen) atoms. The number of fused-ring (bicyclic) bond motifs is 2. The number of amides is 1. The number of nitrogens with one attached hydrogen (secondary N) is 1. The van der Waals surface area contributed by atoms with Gasteiger partial charge in [-0.1, -0.05) is 37.3 Å². The molecular formula is C21H24N2O3S. The second-order valence-corrected chi connectivity index (χ2v) is 9.12. The quantitative estimate of drug-likeness (QED) is 0.879. The van der Waals surface area contributed by atoms with E-state index in [1.54, 1.807) is 19.1 Å². The van der Waals surface area contributed by atoms with E-state index in [1.165, 1.54) is 17.2 Å². The molecule has 1 amide bonds. The Morgan fingerprint density at radius 3 is 2.63 bits per heavy atom. The van der Waals surface area contributed by atoms with Gasteiger partial charge in [0.25, 0.3) is 5.91 Å². The lowest BCUT2D eigenvalue weighted by Crippen LogP contribution is -2.45. The van der Waals surface area contributed by atoms with E-state index in [1.807, 2.05) is 17.9 Å². The van der Waals surface area contributed by atoms with Crippen molar-refractivity contribution in [2.24, 2.45) is 0 Å². The normalized spacial score (nSPS) is 21.2. The van der Waals surface area contributed by atoms with Gasteiger partial charge in [0.1, 0.15) is 0 Å². The van der Waals surface area contributed by atoms with Crippen molar-refractivity contribution >= 4 is 15.9 Å². The Morgan fingerprint density at radius 1 is 1.15 bits per heavy atom. The largest absolute Gasteiger partial charge is 0.331 e. The van der Waals surface area contributed by atoms with Crippen molar-refractivity contribution in [3.8, 4) is 0 Å². The first-order chi connectivity index (χ1) is 12.9. The fourth-order valence-corrected chi connectivity index (χ4v) is 5.45. The number of hydrogen-bond acceptors (Lipinski definition) is 3. The molecule has 2 atom stereocenters. The Kier molecular flexibility index (Phi) is 4.56. The van der Waals surface area contributed by atoms with Crippen molar-refractivity contribution in [1.29, 1.82) is 0 Å². The van der Waals surface area contributed by atoms with Crippen molar-refractivity contribution in [3.05, 3.63) is 64.7 Å². The van der Waals surface area contributed by atoms with E-state index in [-0.39, 0.29) is 16.8 Å². The summed E-state index contributed by atoms with van der Waals surface area (Å²) in [5.41, 5.74) is 3.87. The maximum Gasteiger partial charge on any atom is 0.254 e. The van der Waals surface area contributed by atoms with Crippen LogP contribution in [-0.4, -0.2) is 32.3 Å². The first-order valence-electron chi connectivity index (χ1n) is 9.42. The molecule has 2 aromatic carbocycles. The van der Waals surface area contributed by atoms with Crippen LogP contribution < -0.4 is 4.72 Å². The van der Waals surface area contributed by atoms with E-state index in [0.29, 0.717) is 24.6 Å². The molecule has 1 saturated heterocycles. The van der Waals surface area contributed by atoms with Crippen molar-refractivity contribution < 1.29 is 13.2 Å². The van der Waals surface area contributed by atoms with Crippen LogP contribution in [-0.2, 0) is 10.0 Å². The first-order valence-corrected chi connectivity index (χ1v) is 10.9. The van der Waals surface area contributed by atoms with Gasteiger partial charge >= 0.3 is 0 Å². The summed E-state index contributed by atoms with van der Waals surface area (Å²) in [6, 6.07) is 13.2. The minimum atomic E-state index is -3.59. The molecule has 0 saturated carbocycles. The van der Waals surface area contributed by atoms with Gasteiger partial charge in [0, 0.05) is 24.6 Å². The van der Waals surface area contributed by atoms with Crippen molar-refractivity contribution in [2.45, 2.75) is 43.5 Å². The van der Waals surface area contributed by atoms with Crippen LogP contribution in [0.2, 0.25) is 0 Å². The summed E-state index contributed by atoms with van der Waals surface area (Å²) in [4.78, 5) is 15.4. The molecule has 2 aliphatic heterocycles. The van der Waals surface area contributed by atoms with Crippen LogP contribution >= 0.6 is 0 Å². The zero-order chi connectivity index (χ0) is 19.2. The van der Waals surface area contributed by atoms with E-state index in [0.717, 1.165) is 18.4 Å². The molecule has 1 aliphatic carbocycles. The number of aryl methyl sites for hydroxylation is 1. The minimum absolute atomic E-state index is 0.0760. The molecule has 1 N–H and O–H groups in total. The summed E-state index contributed by atoms with van der Waals surface area (Å²) >= 11 is 0. The van der Waals surface area contributed by atoms with Crippen LogP contribution in [0.1, 0.15) is 58.8 Å². The number of carbonyl (C=O) groups excluding carboxylic acids is 1. The summed E-state index contributed by atoms with van der Waals surface area (Å²) in [6.07, 6.45) is 2.06. The predicted octanol–water partition coefficient (Wildman–Crippen LogP) is 3.37. The minimum Gasteiger partial charge on any atom is -0.331 e. The van der Waals surface area contributed by atoms with Crippen molar-refractivity contribution in [2.75, 3.05) is 13.1 Å². The van der Waals surface area contributed by atoms with Crippen LogP contribution in [0, 0.1) is 6.92 Å². The first kappa shape index (κ1) is 18.2. The van der Waals surface area contributed by atoms with Gasteiger partial charge in [0.15, 0.2) is 0 Å². The molecule has 5 rings (SSSR count). The summed E-state index contributed by atoms with van der Waals surface area (Å²) in [5.74, 6) is 0.286. The third-order valence-electron chi connectivity index (χ3n) is 5.72. The monoisotopic (exact) mass is 384 g/mol. The fraction of sp³-hybridized carbons (Fsp3) is 0.381. The topological polar surface area (TPSA) is 66.5 Å². The van der Waals surface area contributed by atoms with Crippen LogP contribution in [0.3, 0.4) is 0 Å². The summed E-state index contributed by atoms with van der Waals surface area (Å²) < 4.78 is 27.2. The van der Waals surface area contributed by atoms with E-state index in [4.69, 9.17) is 0 Å². The highest BCUT2D eigenvalue weighted by molar-refractivity contribution is 7.89. The van der Waals surface area contributed by atoms with Gasteiger partial charge in [0.2, 0.25) is 10.0 Å². The van der Waals surface area contributed by atoms with E-state index < -0.39 is 10.0 Å². The molecule has 2 bridgehead atoms. The van der Waals surface area contributed by atoms with Crippen molar-refractivity contribution in [1.82, 2.24) is 9.62 Å². The van der Waals surface area contributed by atoms with E-state index in [9.17, 15) is 13.2 Å². The second kappa shape index (κ2) is 6.77. The molecular weight excluding hydrogens is 360 g/mol. The maximum absolute atomic E-state index is 13.4. The van der Waals surface area contributed by atoms with E-state index >= 15 is 0 Å². The summed E-state index contributed by atoms with van der Waals surface area (Å²) in [5, 5.41) is 0. The van der Waals surface area contributed by atoms with Gasteiger partial charge in [-0.15, -0.1) is 0 Å². The Bertz CT molecular complexity index is 1000. The van der Waals surface area contributed by atoms with Gasteiger partial charge in [-0.2, -0.15) is 0 Å². The zero-order valence-corrected chi connectivity index (χ0v) is 16.4.